The van der Waals surface area contributed by atoms with Gasteiger partial charge in [-0.1, -0.05) is 67.6 Å². The highest BCUT2D eigenvalue weighted by atomic mass is 16.5. The average molecular weight is 459 g/mol. The molecule has 0 bridgehead atoms. The van der Waals surface area contributed by atoms with Crippen LogP contribution in [-0.2, 0) is 27.3 Å². The van der Waals surface area contributed by atoms with Crippen LogP contribution in [0.25, 0.3) is 0 Å². The van der Waals surface area contributed by atoms with Gasteiger partial charge in [0.1, 0.15) is 5.75 Å². The fraction of sp³-hybridized carbons (Fsp3) is 0.154. The molecule has 0 aliphatic rings. The number of carbonyl (C=O) groups is 3. The molecular weight excluding hydrogens is 432 g/mol. The predicted octanol–water partition coefficient (Wildman–Crippen LogP) is 3.03. The van der Waals surface area contributed by atoms with Crippen molar-refractivity contribution in [1.82, 2.24) is 10.7 Å². The fourth-order valence-electron chi connectivity index (χ4n) is 3.07. The minimum Gasteiger partial charge on any atom is -0.483 e. The van der Waals surface area contributed by atoms with Gasteiger partial charge in [0.05, 0.1) is 6.21 Å². The number of para-hydroxylation sites is 2. The Hall–Kier alpha value is -4.46. The lowest BCUT2D eigenvalue weighted by Gasteiger charge is -2.11. The van der Waals surface area contributed by atoms with Crippen LogP contribution in [0.3, 0.4) is 0 Å². The van der Waals surface area contributed by atoms with Crippen LogP contribution in [0, 0.1) is 0 Å². The van der Waals surface area contributed by atoms with Gasteiger partial charge in [-0.05, 0) is 35.7 Å². The highest BCUT2D eigenvalue weighted by Crippen LogP contribution is 2.17. The summed E-state index contributed by atoms with van der Waals surface area (Å²) in [5.74, 6) is -1.57. The molecule has 8 nitrogen and oxygen atoms in total. The molecule has 174 valence electrons. The molecule has 0 aliphatic carbocycles. The average Bonchev–Trinajstić information content (AvgIpc) is 2.87. The third-order valence-corrected chi connectivity index (χ3v) is 4.82. The minimum atomic E-state index is -0.889. The molecule has 3 N–H and O–H groups in total. The Bertz CT molecular complexity index is 1160. The molecule has 0 heterocycles. The number of hydrogen-bond acceptors (Lipinski definition) is 5. The first-order chi connectivity index (χ1) is 16.6. The molecule has 0 fully saturated rings. The molecule has 8 heteroatoms. The van der Waals surface area contributed by atoms with Crippen molar-refractivity contribution in [3.05, 3.63) is 95.6 Å². The summed E-state index contributed by atoms with van der Waals surface area (Å²) >= 11 is 0. The molecule has 3 aromatic carbocycles. The lowest BCUT2D eigenvalue weighted by atomic mass is 10.1. The van der Waals surface area contributed by atoms with Gasteiger partial charge < -0.3 is 15.4 Å². The third-order valence-electron chi connectivity index (χ3n) is 4.82. The second-order valence-corrected chi connectivity index (χ2v) is 7.25. The van der Waals surface area contributed by atoms with Gasteiger partial charge in [0.2, 0.25) is 0 Å². The number of aryl methyl sites for hydroxylation is 1. The number of carbonyl (C=O) groups excluding carboxylic acids is 3. The van der Waals surface area contributed by atoms with E-state index in [-0.39, 0.29) is 19.1 Å². The van der Waals surface area contributed by atoms with E-state index in [1.807, 2.05) is 61.5 Å². The lowest BCUT2D eigenvalue weighted by Crippen LogP contribution is -2.37. The van der Waals surface area contributed by atoms with Crippen LogP contribution in [0.2, 0.25) is 0 Å². The normalized spacial score (nSPS) is 10.5. The van der Waals surface area contributed by atoms with Gasteiger partial charge in [-0.3, -0.25) is 14.4 Å². The number of amides is 3. The Balaban J connectivity index is 1.50. The van der Waals surface area contributed by atoms with E-state index < -0.39 is 11.8 Å². The van der Waals surface area contributed by atoms with Gasteiger partial charge >= 0.3 is 11.8 Å². The summed E-state index contributed by atoms with van der Waals surface area (Å²) in [5, 5.41) is 9.20. The quantitative estimate of drug-likeness (QED) is 0.260. The lowest BCUT2D eigenvalue weighted by molar-refractivity contribution is -0.139. The standard InChI is InChI=1S/C26H26N4O4/c1-2-20-12-6-8-14-22(20)29-24(31)18-34-23-15-9-7-13-21(23)17-28-30-26(33)25(32)27-16-19-10-4-3-5-11-19/h3-15,17H,2,16,18H2,1H3,(H,27,32)(H,29,31)(H,30,33)/b28-17-. The fourth-order valence-corrected chi connectivity index (χ4v) is 3.07. The first-order valence-corrected chi connectivity index (χ1v) is 10.8. The van der Waals surface area contributed by atoms with E-state index in [0.717, 1.165) is 23.2 Å². The van der Waals surface area contributed by atoms with Crippen molar-refractivity contribution in [2.75, 3.05) is 11.9 Å². The summed E-state index contributed by atoms with van der Waals surface area (Å²) in [4.78, 5) is 36.2. The molecule has 0 atom stereocenters. The molecule has 3 rings (SSSR count). The number of benzene rings is 3. The largest absolute Gasteiger partial charge is 0.483 e. The maximum absolute atomic E-state index is 12.3. The second-order valence-electron chi connectivity index (χ2n) is 7.25. The van der Waals surface area contributed by atoms with Crippen molar-refractivity contribution in [1.29, 1.82) is 0 Å². The highest BCUT2D eigenvalue weighted by Gasteiger charge is 2.12. The van der Waals surface area contributed by atoms with Crippen molar-refractivity contribution in [2.24, 2.45) is 5.10 Å². The van der Waals surface area contributed by atoms with Crippen molar-refractivity contribution in [3.8, 4) is 5.75 Å². The number of anilines is 1. The maximum atomic E-state index is 12.3. The zero-order valence-electron chi connectivity index (χ0n) is 18.8. The summed E-state index contributed by atoms with van der Waals surface area (Å²) in [7, 11) is 0. The molecule has 0 unspecified atom stereocenters. The van der Waals surface area contributed by atoms with E-state index in [2.05, 4.69) is 21.2 Å². The van der Waals surface area contributed by atoms with Gasteiger partial charge in [0.25, 0.3) is 5.91 Å². The van der Waals surface area contributed by atoms with E-state index >= 15 is 0 Å². The molecule has 3 aromatic rings. The molecular formula is C26H26N4O4. The highest BCUT2D eigenvalue weighted by molar-refractivity contribution is 6.35. The summed E-state index contributed by atoms with van der Waals surface area (Å²) in [6.07, 6.45) is 2.15. The van der Waals surface area contributed by atoms with Crippen molar-refractivity contribution >= 4 is 29.6 Å². The Labute approximate surface area is 198 Å². The Morgan fingerprint density at radius 2 is 1.59 bits per heavy atom. The topological polar surface area (TPSA) is 109 Å². The molecule has 0 saturated heterocycles. The Morgan fingerprint density at radius 3 is 2.38 bits per heavy atom. The first-order valence-electron chi connectivity index (χ1n) is 10.8. The SMILES string of the molecule is CCc1ccccc1NC(=O)COc1ccccc1/C=N\NC(=O)C(=O)NCc1ccccc1. The van der Waals surface area contributed by atoms with Gasteiger partial charge in [0.15, 0.2) is 6.61 Å². The maximum Gasteiger partial charge on any atom is 0.329 e. The van der Waals surface area contributed by atoms with Crippen LogP contribution in [0.15, 0.2) is 84.0 Å². The number of rotatable bonds is 9. The Morgan fingerprint density at radius 1 is 0.882 bits per heavy atom. The molecule has 0 spiro atoms. The van der Waals surface area contributed by atoms with Crippen LogP contribution in [-0.4, -0.2) is 30.5 Å². The van der Waals surface area contributed by atoms with Crippen LogP contribution < -0.4 is 20.8 Å². The molecule has 0 aromatic heterocycles. The minimum absolute atomic E-state index is 0.197. The summed E-state index contributed by atoms with van der Waals surface area (Å²) in [6, 6.07) is 23.7. The number of hydrazone groups is 1. The molecule has 3 amide bonds. The van der Waals surface area contributed by atoms with Gasteiger partial charge in [-0.15, -0.1) is 0 Å². The zero-order chi connectivity index (χ0) is 24.2. The Kier molecular flexibility index (Phi) is 8.92. The van der Waals surface area contributed by atoms with Gasteiger partial charge in [-0.25, -0.2) is 5.43 Å². The second kappa shape index (κ2) is 12.5. The first kappa shape index (κ1) is 24.2. The third kappa shape index (κ3) is 7.30. The number of nitrogens with one attached hydrogen (secondary N) is 3. The van der Waals surface area contributed by atoms with Crippen molar-refractivity contribution in [3.63, 3.8) is 0 Å². The van der Waals surface area contributed by atoms with E-state index in [4.69, 9.17) is 4.74 Å². The smallest absolute Gasteiger partial charge is 0.329 e. The van der Waals surface area contributed by atoms with Crippen LogP contribution in [0.4, 0.5) is 5.69 Å². The zero-order valence-corrected chi connectivity index (χ0v) is 18.8. The molecule has 0 saturated carbocycles. The molecule has 0 aliphatic heterocycles. The van der Waals surface area contributed by atoms with Gasteiger partial charge in [0, 0.05) is 17.8 Å². The predicted molar refractivity (Wildman–Crippen MR) is 130 cm³/mol. The van der Waals surface area contributed by atoms with Crippen LogP contribution in [0.1, 0.15) is 23.6 Å². The molecule has 0 radical (unpaired) electrons. The summed E-state index contributed by atoms with van der Waals surface area (Å²) in [6.45, 7) is 2.05. The van der Waals surface area contributed by atoms with E-state index in [1.54, 1.807) is 24.3 Å². The van der Waals surface area contributed by atoms with E-state index in [9.17, 15) is 14.4 Å². The van der Waals surface area contributed by atoms with Crippen molar-refractivity contribution < 1.29 is 19.1 Å². The van der Waals surface area contributed by atoms with E-state index in [0.29, 0.717) is 11.3 Å². The van der Waals surface area contributed by atoms with E-state index in [1.165, 1.54) is 6.21 Å². The number of ether oxygens (including phenoxy) is 1. The van der Waals surface area contributed by atoms with Gasteiger partial charge in [-0.2, -0.15) is 5.10 Å². The number of hydrogen-bond donors (Lipinski definition) is 3. The number of nitrogens with zero attached hydrogens (tertiary/aromatic N) is 1. The van der Waals surface area contributed by atoms with Crippen molar-refractivity contribution in [2.45, 2.75) is 19.9 Å². The summed E-state index contributed by atoms with van der Waals surface area (Å²) < 4.78 is 5.64. The van der Waals surface area contributed by atoms with Crippen LogP contribution in [0.5, 0.6) is 5.75 Å². The summed E-state index contributed by atoms with van der Waals surface area (Å²) in [5.41, 5.74) is 5.39. The molecule has 34 heavy (non-hydrogen) atoms. The monoisotopic (exact) mass is 458 g/mol. The van der Waals surface area contributed by atoms with Crippen LogP contribution >= 0.6 is 0 Å².